The predicted molar refractivity (Wildman–Crippen MR) is 84.6 cm³/mol. The highest BCUT2D eigenvalue weighted by atomic mass is 19.1. The molecule has 1 unspecified atom stereocenters. The van der Waals surface area contributed by atoms with Crippen LogP contribution in [0, 0.1) is 5.82 Å². The van der Waals surface area contributed by atoms with Crippen LogP contribution >= 0.6 is 0 Å². The lowest BCUT2D eigenvalue weighted by Gasteiger charge is -2.50. The lowest BCUT2D eigenvalue weighted by Crippen LogP contribution is -2.63. The number of hydrogen-bond donors (Lipinski definition) is 1. The van der Waals surface area contributed by atoms with Crippen LogP contribution < -0.4 is 5.32 Å². The van der Waals surface area contributed by atoms with E-state index in [1.54, 1.807) is 12.3 Å². The van der Waals surface area contributed by atoms with Crippen LogP contribution in [-0.4, -0.2) is 34.6 Å². The maximum atomic E-state index is 13.4. The number of piperazine rings is 1. The second-order valence-corrected chi connectivity index (χ2v) is 6.19. The number of nitrogens with zero attached hydrogens (tertiary/aromatic N) is 2. The molecular formula is C17H28FN3. The van der Waals surface area contributed by atoms with Crippen molar-refractivity contribution in [3.8, 4) is 0 Å². The van der Waals surface area contributed by atoms with E-state index < -0.39 is 0 Å². The minimum absolute atomic E-state index is 0.177. The summed E-state index contributed by atoms with van der Waals surface area (Å²) in [4.78, 5) is 6.53. The summed E-state index contributed by atoms with van der Waals surface area (Å²) in [5, 5.41) is 3.71. The summed E-state index contributed by atoms with van der Waals surface area (Å²) < 4.78 is 13.4. The Hall–Kier alpha value is -1.00. The van der Waals surface area contributed by atoms with Crippen molar-refractivity contribution >= 4 is 0 Å². The van der Waals surface area contributed by atoms with Crippen LogP contribution in [0.1, 0.15) is 52.0 Å². The van der Waals surface area contributed by atoms with Gasteiger partial charge >= 0.3 is 0 Å². The van der Waals surface area contributed by atoms with Crippen LogP contribution in [0.25, 0.3) is 0 Å². The fourth-order valence-corrected chi connectivity index (χ4v) is 3.45. The molecule has 0 bridgehead atoms. The van der Waals surface area contributed by atoms with E-state index in [2.05, 4.69) is 36.0 Å². The van der Waals surface area contributed by atoms with Crippen molar-refractivity contribution in [2.75, 3.05) is 13.1 Å². The summed E-state index contributed by atoms with van der Waals surface area (Å²) in [6.45, 7) is 9.57. The van der Waals surface area contributed by atoms with Gasteiger partial charge in [0.1, 0.15) is 5.82 Å². The Morgan fingerprint density at radius 2 is 2.10 bits per heavy atom. The summed E-state index contributed by atoms with van der Waals surface area (Å²) in [7, 11) is 0. The van der Waals surface area contributed by atoms with Crippen LogP contribution in [0.5, 0.6) is 0 Å². The molecular weight excluding hydrogens is 265 g/mol. The average molecular weight is 293 g/mol. The SMILES string of the molecule is CCCC1CN(Cc2cncc(F)c2)C(CC)(CC)CN1. The number of aromatic nitrogens is 1. The van der Waals surface area contributed by atoms with Gasteiger partial charge in [-0.2, -0.15) is 0 Å². The highest BCUT2D eigenvalue weighted by Gasteiger charge is 2.38. The molecule has 1 N–H and O–H groups in total. The minimum atomic E-state index is -0.244. The number of halogens is 1. The van der Waals surface area contributed by atoms with E-state index in [-0.39, 0.29) is 11.4 Å². The first-order valence-electron chi connectivity index (χ1n) is 8.21. The molecule has 21 heavy (non-hydrogen) atoms. The monoisotopic (exact) mass is 293 g/mol. The molecule has 0 amide bonds. The quantitative estimate of drug-likeness (QED) is 0.872. The maximum Gasteiger partial charge on any atom is 0.141 e. The van der Waals surface area contributed by atoms with Crippen molar-refractivity contribution in [3.05, 3.63) is 29.8 Å². The Bertz CT molecular complexity index is 445. The van der Waals surface area contributed by atoms with Gasteiger partial charge in [0, 0.05) is 37.4 Å². The Morgan fingerprint density at radius 1 is 1.33 bits per heavy atom. The van der Waals surface area contributed by atoms with Crippen molar-refractivity contribution in [1.29, 1.82) is 0 Å². The number of pyridine rings is 1. The minimum Gasteiger partial charge on any atom is -0.311 e. The third-order valence-electron chi connectivity index (χ3n) is 4.92. The molecule has 4 heteroatoms. The van der Waals surface area contributed by atoms with Crippen molar-refractivity contribution in [1.82, 2.24) is 15.2 Å². The number of rotatable bonds is 6. The van der Waals surface area contributed by atoms with Gasteiger partial charge in [0.25, 0.3) is 0 Å². The van der Waals surface area contributed by atoms with E-state index in [4.69, 9.17) is 0 Å². The van der Waals surface area contributed by atoms with Gasteiger partial charge in [-0.3, -0.25) is 9.88 Å². The molecule has 2 rings (SSSR count). The Balaban J connectivity index is 2.16. The summed E-state index contributed by atoms with van der Waals surface area (Å²) in [6.07, 6.45) is 7.67. The predicted octanol–water partition coefficient (Wildman–Crippen LogP) is 3.35. The normalized spacial score (nSPS) is 22.4. The summed E-state index contributed by atoms with van der Waals surface area (Å²) in [5.74, 6) is -0.244. The molecule has 1 atom stereocenters. The molecule has 0 aromatic carbocycles. The molecule has 3 nitrogen and oxygen atoms in total. The van der Waals surface area contributed by atoms with E-state index in [0.29, 0.717) is 6.04 Å². The first-order valence-corrected chi connectivity index (χ1v) is 8.21. The Kier molecular flexibility index (Phi) is 5.71. The third-order valence-corrected chi connectivity index (χ3v) is 4.92. The molecule has 0 radical (unpaired) electrons. The molecule has 1 fully saturated rings. The van der Waals surface area contributed by atoms with Gasteiger partial charge in [0.05, 0.1) is 6.20 Å². The van der Waals surface area contributed by atoms with Gasteiger partial charge in [0.2, 0.25) is 0 Å². The maximum absolute atomic E-state index is 13.4. The number of hydrogen-bond acceptors (Lipinski definition) is 3. The number of nitrogens with one attached hydrogen (secondary N) is 1. The average Bonchev–Trinajstić information content (AvgIpc) is 2.49. The van der Waals surface area contributed by atoms with Gasteiger partial charge in [-0.05, 0) is 30.9 Å². The zero-order valence-corrected chi connectivity index (χ0v) is 13.5. The zero-order valence-electron chi connectivity index (χ0n) is 13.5. The first kappa shape index (κ1) is 16.4. The lowest BCUT2D eigenvalue weighted by atomic mass is 9.86. The Labute approximate surface area is 127 Å². The summed E-state index contributed by atoms with van der Waals surface area (Å²) >= 11 is 0. The standard InChI is InChI=1S/C17H28FN3/c1-4-7-16-12-21(17(5-2,6-3)13-20-16)11-14-8-15(18)10-19-9-14/h8-10,16,20H,4-7,11-13H2,1-3H3. The molecule has 1 aliphatic heterocycles. The smallest absolute Gasteiger partial charge is 0.141 e. The Morgan fingerprint density at radius 3 is 2.71 bits per heavy atom. The van der Waals surface area contributed by atoms with Gasteiger partial charge in [0.15, 0.2) is 0 Å². The second-order valence-electron chi connectivity index (χ2n) is 6.19. The molecule has 0 aliphatic carbocycles. The first-order chi connectivity index (χ1) is 10.1. The van der Waals surface area contributed by atoms with Gasteiger partial charge < -0.3 is 5.32 Å². The van der Waals surface area contributed by atoms with Crippen LogP contribution in [-0.2, 0) is 6.54 Å². The van der Waals surface area contributed by atoms with Gasteiger partial charge in [-0.25, -0.2) is 4.39 Å². The fourth-order valence-electron chi connectivity index (χ4n) is 3.45. The van der Waals surface area contributed by atoms with Crippen molar-refractivity contribution in [2.24, 2.45) is 0 Å². The molecule has 0 spiro atoms. The van der Waals surface area contributed by atoms with E-state index in [1.165, 1.54) is 19.0 Å². The molecule has 1 aromatic heterocycles. The van der Waals surface area contributed by atoms with Crippen LogP contribution in [0.2, 0.25) is 0 Å². The van der Waals surface area contributed by atoms with Crippen molar-refractivity contribution in [2.45, 2.75) is 64.6 Å². The molecule has 1 aliphatic rings. The van der Waals surface area contributed by atoms with Crippen molar-refractivity contribution < 1.29 is 4.39 Å². The highest BCUT2D eigenvalue weighted by molar-refractivity contribution is 5.12. The van der Waals surface area contributed by atoms with E-state index in [0.717, 1.165) is 38.0 Å². The zero-order chi connectivity index (χ0) is 15.3. The molecule has 1 aromatic rings. The largest absolute Gasteiger partial charge is 0.311 e. The molecule has 0 saturated carbocycles. The second kappa shape index (κ2) is 7.32. The molecule has 118 valence electrons. The fraction of sp³-hybridized carbons (Fsp3) is 0.706. The van der Waals surface area contributed by atoms with Gasteiger partial charge in [-0.15, -0.1) is 0 Å². The van der Waals surface area contributed by atoms with Crippen molar-refractivity contribution in [3.63, 3.8) is 0 Å². The third kappa shape index (κ3) is 3.80. The molecule has 1 saturated heterocycles. The summed E-state index contributed by atoms with van der Waals surface area (Å²) in [6, 6.07) is 2.16. The van der Waals surface area contributed by atoms with Crippen LogP contribution in [0.15, 0.2) is 18.5 Å². The lowest BCUT2D eigenvalue weighted by molar-refractivity contribution is 0.0226. The van der Waals surface area contributed by atoms with Crippen LogP contribution in [0.3, 0.4) is 0 Å². The van der Waals surface area contributed by atoms with Gasteiger partial charge in [-0.1, -0.05) is 27.2 Å². The topological polar surface area (TPSA) is 28.2 Å². The highest BCUT2D eigenvalue weighted by Crippen LogP contribution is 2.29. The van der Waals surface area contributed by atoms with Crippen LogP contribution in [0.4, 0.5) is 4.39 Å². The summed E-state index contributed by atoms with van der Waals surface area (Å²) in [5.41, 5.74) is 1.15. The van der Waals surface area contributed by atoms with E-state index in [1.807, 2.05) is 0 Å². The van der Waals surface area contributed by atoms with E-state index >= 15 is 0 Å². The molecule has 2 heterocycles. The van der Waals surface area contributed by atoms with E-state index in [9.17, 15) is 4.39 Å².